The third-order valence-corrected chi connectivity index (χ3v) is 9.17. The highest BCUT2D eigenvalue weighted by molar-refractivity contribution is 6.30. The summed E-state index contributed by atoms with van der Waals surface area (Å²) >= 11 is 6.06. The lowest BCUT2D eigenvalue weighted by atomic mass is 9.66. The zero-order valence-corrected chi connectivity index (χ0v) is 19.6. The molecule has 3 aliphatic rings. The molecule has 1 unspecified atom stereocenters. The summed E-state index contributed by atoms with van der Waals surface area (Å²) in [5, 5.41) is 0.693. The molecule has 3 heteroatoms. The molecule has 160 valence electrons. The summed E-state index contributed by atoms with van der Waals surface area (Å²) in [5.41, 5.74) is 6.32. The summed E-state index contributed by atoms with van der Waals surface area (Å²) in [7, 11) is 0. The molecule has 2 nitrogen and oxygen atoms in total. The summed E-state index contributed by atoms with van der Waals surface area (Å²) in [6.45, 7) is 10.8. The standard InChI is InChI=1S/C28H29ClO2/c1-6-17-7-8-19(18-9-11-20(29)12-10-18)13-21(17)22-25(30)23-24(26(22)31)28(5)14-27(23,4)15(2)16(28)3/h7-13,22-24H,6,14H2,1-5H3/t22?,23-,24+,27+,28-. The molecule has 0 aromatic heterocycles. The Morgan fingerprint density at radius 2 is 1.39 bits per heavy atom. The number of aryl methyl sites for hydroxylation is 1. The lowest BCUT2D eigenvalue weighted by molar-refractivity contribution is -0.126. The fourth-order valence-corrected chi connectivity index (χ4v) is 7.20. The molecule has 0 amide bonds. The van der Waals surface area contributed by atoms with Crippen LogP contribution in [0.1, 0.15) is 58.1 Å². The molecular formula is C28H29ClO2. The predicted octanol–water partition coefficient (Wildman–Crippen LogP) is 6.80. The first-order chi connectivity index (χ1) is 14.6. The van der Waals surface area contributed by atoms with Crippen LogP contribution in [-0.2, 0) is 16.0 Å². The van der Waals surface area contributed by atoms with Crippen LogP contribution in [-0.4, -0.2) is 11.6 Å². The minimum Gasteiger partial charge on any atom is -0.298 e. The van der Waals surface area contributed by atoms with Crippen molar-refractivity contribution in [2.45, 2.75) is 53.4 Å². The van der Waals surface area contributed by atoms with Crippen LogP contribution in [0.4, 0.5) is 0 Å². The summed E-state index contributed by atoms with van der Waals surface area (Å²) in [6, 6.07) is 14.0. The van der Waals surface area contributed by atoms with Gasteiger partial charge in [0.25, 0.3) is 0 Å². The average molecular weight is 433 g/mol. The van der Waals surface area contributed by atoms with E-state index in [1.54, 1.807) is 0 Å². The molecule has 5 atom stereocenters. The lowest BCUT2D eigenvalue weighted by Crippen LogP contribution is -2.35. The third kappa shape index (κ3) is 2.58. The van der Waals surface area contributed by atoms with Gasteiger partial charge in [0.2, 0.25) is 0 Å². The molecule has 2 fully saturated rings. The van der Waals surface area contributed by atoms with E-state index >= 15 is 0 Å². The SMILES string of the molecule is CCc1ccc(-c2ccc(Cl)cc2)cc1C1C(=O)[C@@H]2[C@H](C1=O)[C@@]1(C)C[C@]2(C)C(C)=C1C. The molecule has 0 aliphatic heterocycles. The molecule has 2 aromatic rings. The van der Waals surface area contributed by atoms with Gasteiger partial charge in [0.05, 0.1) is 0 Å². The Hall–Kier alpha value is -2.19. The van der Waals surface area contributed by atoms with Gasteiger partial charge in [0, 0.05) is 16.9 Å². The Morgan fingerprint density at radius 3 is 1.90 bits per heavy atom. The van der Waals surface area contributed by atoms with Crippen molar-refractivity contribution in [1.82, 2.24) is 0 Å². The highest BCUT2D eigenvalue weighted by Gasteiger charge is 2.72. The van der Waals surface area contributed by atoms with Crippen LogP contribution in [0.25, 0.3) is 11.1 Å². The first-order valence-corrected chi connectivity index (χ1v) is 11.7. The topological polar surface area (TPSA) is 34.1 Å². The minimum atomic E-state index is -0.644. The van der Waals surface area contributed by atoms with Crippen molar-refractivity contribution >= 4 is 23.2 Å². The van der Waals surface area contributed by atoms with Gasteiger partial charge in [-0.15, -0.1) is 0 Å². The van der Waals surface area contributed by atoms with E-state index in [4.69, 9.17) is 11.6 Å². The van der Waals surface area contributed by atoms with E-state index in [9.17, 15) is 9.59 Å². The number of ketones is 2. The van der Waals surface area contributed by atoms with Crippen LogP contribution >= 0.6 is 11.6 Å². The van der Waals surface area contributed by atoms with Crippen molar-refractivity contribution in [2.75, 3.05) is 0 Å². The van der Waals surface area contributed by atoms with Gasteiger partial charge >= 0.3 is 0 Å². The van der Waals surface area contributed by atoms with Gasteiger partial charge in [-0.2, -0.15) is 0 Å². The van der Waals surface area contributed by atoms with E-state index in [2.05, 4.69) is 52.8 Å². The summed E-state index contributed by atoms with van der Waals surface area (Å²) in [4.78, 5) is 27.8. The smallest absolute Gasteiger partial charge is 0.152 e. The molecular weight excluding hydrogens is 404 g/mol. The summed E-state index contributed by atoms with van der Waals surface area (Å²) in [6.07, 6.45) is 1.72. The van der Waals surface area contributed by atoms with Crippen LogP contribution in [0.5, 0.6) is 0 Å². The van der Waals surface area contributed by atoms with Gasteiger partial charge in [-0.05, 0) is 78.0 Å². The van der Waals surface area contributed by atoms with E-state index in [0.717, 1.165) is 35.1 Å². The number of carbonyl (C=O) groups excluding carboxylic acids is 2. The first-order valence-electron chi connectivity index (χ1n) is 11.3. The van der Waals surface area contributed by atoms with Gasteiger partial charge in [0.15, 0.2) is 11.6 Å². The molecule has 0 N–H and O–H groups in total. The second-order valence-corrected chi connectivity index (χ2v) is 10.7. The van der Waals surface area contributed by atoms with E-state index in [-0.39, 0.29) is 34.2 Å². The van der Waals surface area contributed by atoms with Crippen molar-refractivity contribution in [3.05, 3.63) is 69.8 Å². The van der Waals surface area contributed by atoms with Crippen molar-refractivity contribution in [1.29, 1.82) is 0 Å². The Kier molecular flexibility index (Phi) is 4.44. The number of hydrogen-bond acceptors (Lipinski definition) is 2. The van der Waals surface area contributed by atoms with Gasteiger partial charge < -0.3 is 0 Å². The molecule has 2 saturated carbocycles. The van der Waals surface area contributed by atoms with E-state index in [0.29, 0.717) is 5.02 Å². The van der Waals surface area contributed by atoms with Crippen LogP contribution in [0.15, 0.2) is 53.6 Å². The lowest BCUT2D eigenvalue weighted by Gasteiger charge is -2.35. The van der Waals surface area contributed by atoms with Gasteiger partial charge in [-0.1, -0.05) is 67.8 Å². The van der Waals surface area contributed by atoms with Crippen molar-refractivity contribution in [2.24, 2.45) is 22.7 Å². The molecule has 0 spiro atoms. The molecule has 31 heavy (non-hydrogen) atoms. The number of allylic oxidation sites excluding steroid dienone is 2. The van der Waals surface area contributed by atoms with E-state index < -0.39 is 5.92 Å². The number of rotatable bonds is 3. The first kappa shape index (κ1) is 20.7. The zero-order chi connectivity index (χ0) is 22.3. The van der Waals surface area contributed by atoms with Crippen molar-refractivity contribution < 1.29 is 9.59 Å². The number of carbonyl (C=O) groups is 2. The van der Waals surface area contributed by atoms with E-state index in [1.807, 2.05) is 24.3 Å². The van der Waals surface area contributed by atoms with Gasteiger partial charge in [0.1, 0.15) is 5.92 Å². The molecule has 5 rings (SSSR count). The van der Waals surface area contributed by atoms with Crippen LogP contribution in [0.3, 0.4) is 0 Å². The Bertz CT molecular complexity index is 1120. The highest BCUT2D eigenvalue weighted by Crippen LogP contribution is 2.72. The fraction of sp³-hybridized carbons (Fsp3) is 0.429. The second kappa shape index (κ2) is 6.65. The number of hydrogen-bond donors (Lipinski definition) is 0. The van der Waals surface area contributed by atoms with Gasteiger partial charge in [-0.3, -0.25) is 9.59 Å². The fourth-order valence-electron chi connectivity index (χ4n) is 7.08. The quantitative estimate of drug-likeness (QED) is 0.394. The van der Waals surface area contributed by atoms with Gasteiger partial charge in [-0.25, -0.2) is 0 Å². The monoisotopic (exact) mass is 432 g/mol. The zero-order valence-electron chi connectivity index (χ0n) is 18.9. The minimum absolute atomic E-state index is 0.135. The molecule has 0 heterocycles. The Labute approximate surface area is 189 Å². The predicted molar refractivity (Wildman–Crippen MR) is 125 cm³/mol. The summed E-state index contributed by atoms with van der Waals surface area (Å²) < 4.78 is 0. The van der Waals surface area contributed by atoms with Crippen molar-refractivity contribution in [3.63, 3.8) is 0 Å². The molecule has 3 aliphatic carbocycles. The maximum absolute atomic E-state index is 13.9. The summed E-state index contributed by atoms with van der Waals surface area (Å²) in [5.74, 6) is -0.757. The normalized spacial score (nSPS) is 34.1. The third-order valence-electron chi connectivity index (χ3n) is 8.91. The van der Waals surface area contributed by atoms with Crippen molar-refractivity contribution in [3.8, 4) is 11.1 Å². The number of fused-ring (bicyclic) bond motifs is 5. The number of benzene rings is 2. The largest absolute Gasteiger partial charge is 0.298 e. The molecule has 2 bridgehead atoms. The molecule has 2 aromatic carbocycles. The second-order valence-electron chi connectivity index (χ2n) is 10.2. The van der Waals surface area contributed by atoms with Crippen LogP contribution in [0, 0.1) is 22.7 Å². The average Bonchev–Trinajstić information content (AvgIpc) is 3.24. The highest BCUT2D eigenvalue weighted by atomic mass is 35.5. The Morgan fingerprint density at radius 1 is 0.871 bits per heavy atom. The molecule has 0 radical (unpaired) electrons. The van der Waals surface area contributed by atoms with Crippen LogP contribution in [0.2, 0.25) is 5.02 Å². The number of halogens is 1. The van der Waals surface area contributed by atoms with E-state index in [1.165, 1.54) is 11.1 Å². The maximum Gasteiger partial charge on any atom is 0.152 e. The number of Topliss-reactive ketones (excluding diaryl/α,β-unsaturated/α-hetero) is 2. The molecule has 0 saturated heterocycles. The van der Waals surface area contributed by atoms with Crippen LogP contribution < -0.4 is 0 Å². The maximum atomic E-state index is 13.9. The Balaban J connectivity index is 1.62.